The Balaban J connectivity index is 2.78. The Morgan fingerprint density at radius 1 is 1.56 bits per heavy atom. The van der Waals surface area contributed by atoms with Crippen LogP contribution in [0, 0.1) is 0 Å². The van der Waals surface area contributed by atoms with Gasteiger partial charge in [0.15, 0.2) is 0 Å². The maximum atomic E-state index is 11.5. The molecule has 1 aromatic carbocycles. The molecule has 0 radical (unpaired) electrons. The Morgan fingerprint density at radius 3 is 2.81 bits per heavy atom. The van der Waals surface area contributed by atoms with E-state index in [1.54, 1.807) is 31.2 Å². The van der Waals surface area contributed by atoms with Crippen LogP contribution < -0.4 is 11.1 Å². The monoisotopic (exact) mass is 238 g/mol. The Morgan fingerprint density at radius 2 is 2.25 bits per heavy atom. The van der Waals surface area contributed by atoms with Gasteiger partial charge in [-0.15, -0.1) is 0 Å². The van der Waals surface area contributed by atoms with Crippen molar-refractivity contribution < 1.29 is 9.53 Å². The highest BCUT2D eigenvalue weighted by Crippen LogP contribution is 2.11. The van der Waals surface area contributed by atoms with Gasteiger partial charge in [-0.3, -0.25) is 4.79 Å². The number of nitrogens with one attached hydrogen (secondary N) is 1. The summed E-state index contributed by atoms with van der Waals surface area (Å²) in [6, 6.07) is 7.06. The van der Waals surface area contributed by atoms with Crippen LogP contribution in [-0.2, 0) is 9.53 Å². The molecule has 5 heteroatoms. The van der Waals surface area contributed by atoms with Crippen molar-refractivity contribution in [2.24, 2.45) is 5.73 Å². The molecule has 0 heterocycles. The van der Waals surface area contributed by atoms with E-state index in [0.29, 0.717) is 10.7 Å². The van der Waals surface area contributed by atoms with E-state index in [-0.39, 0.29) is 5.91 Å². The number of amides is 1. The van der Waals surface area contributed by atoms with Crippen LogP contribution in [0.4, 0.5) is 5.69 Å². The highest BCUT2D eigenvalue weighted by Gasteiger charge is 2.11. The van der Waals surface area contributed by atoms with E-state index in [9.17, 15) is 4.79 Å². The van der Waals surface area contributed by atoms with E-state index in [0.717, 1.165) is 5.56 Å². The van der Waals surface area contributed by atoms with Gasteiger partial charge in [-0.25, -0.2) is 0 Å². The highest BCUT2D eigenvalue weighted by atomic mass is 32.1. The summed E-state index contributed by atoms with van der Waals surface area (Å²) in [5, 5.41) is 2.71. The van der Waals surface area contributed by atoms with Crippen molar-refractivity contribution in [1.82, 2.24) is 0 Å². The third kappa shape index (κ3) is 3.29. The Labute approximate surface area is 99.8 Å². The van der Waals surface area contributed by atoms with Gasteiger partial charge in [-0.05, 0) is 19.1 Å². The quantitative estimate of drug-likeness (QED) is 0.776. The van der Waals surface area contributed by atoms with Gasteiger partial charge in [0.25, 0.3) is 5.91 Å². The first-order chi connectivity index (χ1) is 7.54. The van der Waals surface area contributed by atoms with Crippen LogP contribution in [0.3, 0.4) is 0 Å². The molecule has 0 fully saturated rings. The molecule has 1 rings (SSSR count). The number of thiocarbonyl (C=S) groups is 1. The summed E-state index contributed by atoms with van der Waals surface area (Å²) in [5.74, 6) is -0.206. The third-order valence-electron chi connectivity index (χ3n) is 2.14. The molecule has 0 aliphatic carbocycles. The van der Waals surface area contributed by atoms with Crippen LogP contribution in [0.5, 0.6) is 0 Å². The summed E-state index contributed by atoms with van der Waals surface area (Å²) < 4.78 is 4.90. The minimum Gasteiger partial charge on any atom is -0.389 e. The molecule has 1 aromatic rings. The maximum absolute atomic E-state index is 11.5. The lowest BCUT2D eigenvalue weighted by molar-refractivity contribution is -0.124. The molecule has 0 aliphatic heterocycles. The molecular formula is C11H14N2O2S. The maximum Gasteiger partial charge on any atom is 0.253 e. The number of carbonyl (C=O) groups is 1. The molecule has 1 atom stereocenters. The van der Waals surface area contributed by atoms with Crippen molar-refractivity contribution in [2.75, 3.05) is 12.4 Å². The molecule has 0 spiro atoms. The number of rotatable bonds is 4. The fraction of sp³-hybridized carbons (Fsp3) is 0.273. The molecule has 1 unspecified atom stereocenters. The predicted octanol–water partition coefficient (Wildman–Crippen LogP) is 1.29. The van der Waals surface area contributed by atoms with Gasteiger partial charge >= 0.3 is 0 Å². The van der Waals surface area contributed by atoms with Crippen LogP contribution in [0.1, 0.15) is 12.5 Å². The van der Waals surface area contributed by atoms with E-state index < -0.39 is 6.10 Å². The topological polar surface area (TPSA) is 64.3 Å². The first kappa shape index (κ1) is 12.6. The SMILES string of the molecule is COC(C)C(=O)Nc1cccc(C(N)=S)c1. The zero-order valence-electron chi connectivity index (χ0n) is 9.19. The van der Waals surface area contributed by atoms with Gasteiger partial charge in [0, 0.05) is 18.4 Å². The molecule has 16 heavy (non-hydrogen) atoms. The molecule has 0 saturated heterocycles. The summed E-state index contributed by atoms with van der Waals surface area (Å²) in [6.45, 7) is 1.67. The van der Waals surface area contributed by atoms with Gasteiger partial charge < -0.3 is 15.8 Å². The lowest BCUT2D eigenvalue weighted by atomic mass is 10.2. The number of carbonyl (C=O) groups excluding carboxylic acids is 1. The summed E-state index contributed by atoms with van der Waals surface area (Å²) >= 11 is 4.85. The van der Waals surface area contributed by atoms with Crippen molar-refractivity contribution in [3.63, 3.8) is 0 Å². The number of methoxy groups -OCH3 is 1. The van der Waals surface area contributed by atoms with Crippen molar-refractivity contribution in [3.05, 3.63) is 29.8 Å². The Bertz CT molecular complexity index is 407. The second kappa shape index (κ2) is 5.58. The average Bonchev–Trinajstić information content (AvgIpc) is 2.28. The second-order valence-electron chi connectivity index (χ2n) is 3.31. The van der Waals surface area contributed by atoms with Crippen LogP contribution >= 0.6 is 12.2 Å². The van der Waals surface area contributed by atoms with E-state index >= 15 is 0 Å². The highest BCUT2D eigenvalue weighted by molar-refractivity contribution is 7.80. The zero-order valence-corrected chi connectivity index (χ0v) is 10.0. The number of anilines is 1. The van der Waals surface area contributed by atoms with Gasteiger partial charge in [0.1, 0.15) is 11.1 Å². The largest absolute Gasteiger partial charge is 0.389 e. The minimum atomic E-state index is -0.492. The molecule has 0 aliphatic rings. The van der Waals surface area contributed by atoms with Gasteiger partial charge in [0.2, 0.25) is 0 Å². The van der Waals surface area contributed by atoms with Crippen LogP contribution in [-0.4, -0.2) is 24.1 Å². The molecule has 1 amide bonds. The fourth-order valence-corrected chi connectivity index (χ4v) is 1.23. The molecule has 86 valence electrons. The van der Waals surface area contributed by atoms with Crippen LogP contribution in [0.2, 0.25) is 0 Å². The lowest BCUT2D eigenvalue weighted by Gasteiger charge is -2.11. The zero-order chi connectivity index (χ0) is 12.1. The smallest absolute Gasteiger partial charge is 0.253 e. The Hall–Kier alpha value is -1.46. The lowest BCUT2D eigenvalue weighted by Crippen LogP contribution is -2.26. The molecule has 0 saturated carbocycles. The average molecular weight is 238 g/mol. The van der Waals surface area contributed by atoms with Gasteiger partial charge in [-0.1, -0.05) is 24.4 Å². The second-order valence-corrected chi connectivity index (χ2v) is 3.75. The first-order valence-corrected chi connectivity index (χ1v) is 5.19. The van der Waals surface area contributed by atoms with Crippen LogP contribution in [0.25, 0.3) is 0 Å². The fourth-order valence-electron chi connectivity index (χ4n) is 1.10. The summed E-state index contributed by atoms with van der Waals surface area (Å²) in [4.78, 5) is 11.8. The normalized spacial score (nSPS) is 11.9. The van der Waals surface area contributed by atoms with Crippen molar-refractivity contribution >= 4 is 28.8 Å². The molecule has 0 bridgehead atoms. The van der Waals surface area contributed by atoms with Crippen molar-refractivity contribution in [1.29, 1.82) is 0 Å². The summed E-state index contributed by atoms with van der Waals surface area (Å²) in [6.07, 6.45) is -0.492. The summed E-state index contributed by atoms with van der Waals surface area (Å²) in [5.41, 5.74) is 6.87. The van der Waals surface area contributed by atoms with Crippen molar-refractivity contribution in [3.8, 4) is 0 Å². The first-order valence-electron chi connectivity index (χ1n) is 4.78. The predicted molar refractivity (Wildman–Crippen MR) is 67.4 cm³/mol. The minimum absolute atomic E-state index is 0.206. The van der Waals surface area contributed by atoms with E-state index in [4.69, 9.17) is 22.7 Å². The number of nitrogens with two attached hydrogens (primary N) is 1. The van der Waals surface area contributed by atoms with E-state index in [1.807, 2.05) is 0 Å². The third-order valence-corrected chi connectivity index (χ3v) is 2.37. The summed E-state index contributed by atoms with van der Waals surface area (Å²) in [7, 11) is 1.48. The van der Waals surface area contributed by atoms with Crippen LogP contribution in [0.15, 0.2) is 24.3 Å². The number of benzene rings is 1. The van der Waals surface area contributed by atoms with Crippen molar-refractivity contribution in [2.45, 2.75) is 13.0 Å². The number of ether oxygens (including phenoxy) is 1. The standard InChI is InChI=1S/C11H14N2O2S/c1-7(15-2)11(14)13-9-5-3-4-8(6-9)10(12)16/h3-7H,1-2H3,(H2,12,16)(H,13,14). The molecule has 3 N–H and O–H groups in total. The molecule has 0 aromatic heterocycles. The molecule has 4 nitrogen and oxygen atoms in total. The number of hydrogen-bond donors (Lipinski definition) is 2. The van der Waals surface area contributed by atoms with Gasteiger partial charge in [0.05, 0.1) is 0 Å². The van der Waals surface area contributed by atoms with E-state index in [1.165, 1.54) is 7.11 Å². The molecular weight excluding hydrogens is 224 g/mol. The van der Waals surface area contributed by atoms with E-state index in [2.05, 4.69) is 5.32 Å². The van der Waals surface area contributed by atoms with Gasteiger partial charge in [-0.2, -0.15) is 0 Å². The Kier molecular flexibility index (Phi) is 4.39. The number of hydrogen-bond acceptors (Lipinski definition) is 3.